The Morgan fingerprint density at radius 1 is 0.867 bits per heavy atom. The van der Waals surface area contributed by atoms with Crippen LogP contribution in [0.15, 0.2) is 12.1 Å². The smallest absolute Gasteiger partial charge is 0.354 e. The molecule has 1 heterocycles. The van der Waals surface area contributed by atoms with Gasteiger partial charge in [0.05, 0.1) is 5.56 Å². The number of aromatic nitrogens is 1. The van der Waals surface area contributed by atoms with Gasteiger partial charge in [-0.15, -0.1) is 0 Å². The van der Waals surface area contributed by atoms with E-state index in [9.17, 15) is 14.4 Å². The molecule has 7 nitrogen and oxygen atoms in total. The van der Waals surface area contributed by atoms with Crippen molar-refractivity contribution >= 4 is 17.9 Å². The van der Waals surface area contributed by atoms with Crippen LogP contribution in [0.5, 0.6) is 0 Å². The summed E-state index contributed by atoms with van der Waals surface area (Å²) >= 11 is 0. The van der Waals surface area contributed by atoms with E-state index in [4.69, 9.17) is 15.3 Å². The minimum Gasteiger partial charge on any atom is -0.478 e. The molecule has 0 unspecified atom stereocenters. The molecule has 0 atom stereocenters. The molecule has 0 radical (unpaired) electrons. The summed E-state index contributed by atoms with van der Waals surface area (Å²) in [4.78, 5) is 34.8. The zero-order valence-electron chi connectivity index (χ0n) is 7.17. The fourth-order valence-corrected chi connectivity index (χ4v) is 0.873. The molecule has 0 aliphatic rings. The first-order valence-corrected chi connectivity index (χ1v) is 3.64. The lowest BCUT2D eigenvalue weighted by Crippen LogP contribution is -2.10. The summed E-state index contributed by atoms with van der Waals surface area (Å²) in [5, 5.41) is 25.7. The van der Waals surface area contributed by atoms with Crippen molar-refractivity contribution < 1.29 is 29.7 Å². The van der Waals surface area contributed by atoms with Gasteiger partial charge in [-0.05, 0) is 12.1 Å². The summed E-state index contributed by atoms with van der Waals surface area (Å²) in [6.45, 7) is 0. The molecule has 1 aromatic rings. The first kappa shape index (κ1) is 10.6. The molecule has 7 heteroatoms. The molecule has 0 aliphatic carbocycles. The predicted octanol–water partition coefficient (Wildman–Crippen LogP) is 0.176. The molecule has 15 heavy (non-hydrogen) atoms. The molecular formula is C8H5NO6. The molecule has 0 bridgehead atoms. The van der Waals surface area contributed by atoms with Crippen molar-refractivity contribution in [3.8, 4) is 0 Å². The minimum atomic E-state index is -1.49. The van der Waals surface area contributed by atoms with Gasteiger partial charge in [0.1, 0.15) is 11.4 Å². The van der Waals surface area contributed by atoms with Gasteiger partial charge in [-0.1, -0.05) is 0 Å². The maximum absolute atomic E-state index is 10.5. The van der Waals surface area contributed by atoms with Gasteiger partial charge in [0.25, 0.3) is 0 Å². The lowest BCUT2D eigenvalue weighted by Gasteiger charge is -1.99. The second kappa shape index (κ2) is 3.74. The third-order valence-electron chi connectivity index (χ3n) is 1.51. The highest BCUT2D eigenvalue weighted by Crippen LogP contribution is 2.06. The molecule has 0 spiro atoms. The SMILES string of the molecule is O=C(O)c1cc(C(=O)O)nc(C(=O)O)c1. The van der Waals surface area contributed by atoms with Crippen molar-refractivity contribution in [3.05, 3.63) is 29.1 Å². The van der Waals surface area contributed by atoms with Crippen LogP contribution >= 0.6 is 0 Å². The quantitative estimate of drug-likeness (QED) is 0.650. The van der Waals surface area contributed by atoms with Gasteiger partial charge < -0.3 is 15.3 Å². The Balaban J connectivity index is 3.39. The van der Waals surface area contributed by atoms with Crippen molar-refractivity contribution in [2.45, 2.75) is 0 Å². The molecule has 1 rings (SSSR count). The fraction of sp³-hybridized carbons (Fsp3) is 0. The maximum Gasteiger partial charge on any atom is 0.354 e. The zero-order chi connectivity index (χ0) is 11.6. The Morgan fingerprint density at radius 3 is 1.53 bits per heavy atom. The fourth-order valence-electron chi connectivity index (χ4n) is 0.873. The lowest BCUT2D eigenvalue weighted by atomic mass is 10.2. The Labute approximate surface area is 82.6 Å². The topological polar surface area (TPSA) is 125 Å². The first-order chi connectivity index (χ1) is 6.91. The highest BCUT2D eigenvalue weighted by atomic mass is 16.4. The third kappa shape index (κ3) is 2.27. The Morgan fingerprint density at radius 2 is 1.27 bits per heavy atom. The molecule has 0 aromatic carbocycles. The van der Waals surface area contributed by atoms with Gasteiger partial charge in [0.2, 0.25) is 0 Å². The second-order valence-electron chi connectivity index (χ2n) is 2.54. The van der Waals surface area contributed by atoms with Gasteiger partial charge in [0.15, 0.2) is 0 Å². The van der Waals surface area contributed by atoms with Gasteiger partial charge in [0, 0.05) is 0 Å². The number of hydrogen-bond acceptors (Lipinski definition) is 4. The van der Waals surface area contributed by atoms with Gasteiger partial charge in [-0.3, -0.25) is 0 Å². The summed E-state index contributed by atoms with van der Waals surface area (Å²) in [5.74, 6) is -4.39. The van der Waals surface area contributed by atoms with Crippen molar-refractivity contribution in [1.29, 1.82) is 0 Å². The number of pyridine rings is 1. The second-order valence-corrected chi connectivity index (χ2v) is 2.54. The normalized spacial score (nSPS) is 9.60. The highest BCUT2D eigenvalue weighted by molar-refractivity contribution is 5.96. The zero-order valence-corrected chi connectivity index (χ0v) is 7.17. The van der Waals surface area contributed by atoms with Crippen LogP contribution in [-0.2, 0) is 0 Å². The van der Waals surface area contributed by atoms with E-state index >= 15 is 0 Å². The van der Waals surface area contributed by atoms with Crippen molar-refractivity contribution in [2.24, 2.45) is 0 Å². The van der Waals surface area contributed by atoms with Crippen molar-refractivity contribution in [2.75, 3.05) is 0 Å². The van der Waals surface area contributed by atoms with Crippen molar-refractivity contribution in [3.63, 3.8) is 0 Å². The van der Waals surface area contributed by atoms with Crippen LogP contribution in [0.1, 0.15) is 31.3 Å². The largest absolute Gasteiger partial charge is 0.478 e. The van der Waals surface area contributed by atoms with E-state index in [1.807, 2.05) is 0 Å². The predicted molar refractivity (Wildman–Crippen MR) is 45.1 cm³/mol. The Hall–Kier alpha value is -2.44. The van der Waals surface area contributed by atoms with Crippen LogP contribution < -0.4 is 0 Å². The first-order valence-electron chi connectivity index (χ1n) is 3.64. The Kier molecular flexibility index (Phi) is 2.65. The number of carboxylic acid groups (broad SMARTS) is 3. The van der Waals surface area contributed by atoms with E-state index in [1.165, 1.54) is 0 Å². The molecular weight excluding hydrogens is 206 g/mol. The monoisotopic (exact) mass is 211 g/mol. The number of hydrogen-bond donors (Lipinski definition) is 3. The molecule has 78 valence electrons. The Bertz CT molecular complexity index is 373. The molecule has 0 saturated carbocycles. The summed E-state index contributed by atoms with van der Waals surface area (Å²) < 4.78 is 0. The number of carboxylic acids is 3. The summed E-state index contributed by atoms with van der Waals surface area (Å²) in [6.07, 6.45) is 0. The highest BCUT2D eigenvalue weighted by Gasteiger charge is 2.15. The van der Waals surface area contributed by atoms with Crippen molar-refractivity contribution in [1.82, 2.24) is 4.98 Å². The van der Waals surface area contributed by atoms with Crippen LogP contribution in [0.3, 0.4) is 0 Å². The molecule has 1 aromatic heterocycles. The average molecular weight is 211 g/mol. The maximum atomic E-state index is 10.5. The van der Waals surface area contributed by atoms with Crippen LogP contribution in [0, 0.1) is 0 Å². The van der Waals surface area contributed by atoms with E-state index in [2.05, 4.69) is 4.98 Å². The molecule has 0 fully saturated rings. The molecule has 0 saturated heterocycles. The minimum absolute atomic E-state index is 0.431. The van der Waals surface area contributed by atoms with Crippen LogP contribution in [0.2, 0.25) is 0 Å². The van der Waals surface area contributed by atoms with E-state index < -0.39 is 34.9 Å². The molecule has 0 amide bonds. The van der Waals surface area contributed by atoms with Crippen LogP contribution in [-0.4, -0.2) is 38.2 Å². The number of rotatable bonds is 3. The summed E-state index contributed by atoms with van der Waals surface area (Å²) in [7, 11) is 0. The third-order valence-corrected chi connectivity index (χ3v) is 1.51. The van der Waals surface area contributed by atoms with Gasteiger partial charge in [-0.25, -0.2) is 19.4 Å². The number of carbonyl (C=O) groups is 3. The summed E-state index contributed by atoms with van der Waals surface area (Å²) in [6, 6.07) is 1.58. The van der Waals surface area contributed by atoms with E-state index in [-0.39, 0.29) is 0 Å². The van der Waals surface area contributed by atoms with Crippen LogP contribution in [0.4, 0.5) is 0 Å². The van der Waals surface area contributed by atoms with E-state index in [1.54, 1.807) is 0 Å². The number of aromatic carboxylic acids is 3. The lowest BCUT2D eigenvalue weighted by molar-refractivity contribution is 0.0685. The summed E-state index contributed by atoms with van der Waals surface area (Å²) in [5.41, 5.74) is -1.67. The molecule has 3 N–H and O–H groups in total. The standard InChI is InChI=1S/C8H5NO6/c10-6(11)3-1-4(7(12)13)9-5(2-3)8(14)15/h1-2H,(H,10,11)(H,12,13)(H,14,15). The van der Waals surface area contributed by atoms with E-state index in [0.717, 1.165) is 12.1 Å². The number of nitrogens with zero attached hydrogens (tertiary/aromatic N) is 1. The molecule has 0 aliphatic heterocycles. The average Bonchev–Trinajstić information content (AvgIpc) is 2.16. The van der Waals surface area contributed by atoms with Gasteiger partial charge >= 0.3 is 17.9 Å². The van der Waals surface area contributed by atoms with E-state index in [0.29, 0.717) is 0 Å². The van der Waals surface area contributed by atoms with Gasteiger partial charge in [-0.2, -0.15) is 0 Å². The van der Waals surface area contributed by atoms with Crippen LogP contribution in [0.25, 0.3) is 0 Å².